The number of rotatable bonds is 4. The van der Waals surface area contributed by atoms with Crippen molar-refractivity contribution < 1.29 is 9.90 Å². The second kappa shape index (κ2) is 4.55. The second-order valence-electron chi connectivity index (χ2n) is 5.08. The molecule has 3 rings (SSSR count). The fourth-order valence-electron chi connectivity index (χ4n) is 2.66. The Kier molecular flexibility index (Phi) is 2.89. The summed E-state index contributed by atoms with van der Waals surface area (Å²) in [6.45, 7) is 0.0497. The van der Waals surface area contributed by atoms with E-state index < -0.39 is 5.97 Å². The Bertz CT molecular complexity index is 471. The van der Waals surface area contributed by atoms with Crippen LogP contribution < -0.4 is 4.90 Å². The Labute approximate surface area is 106 Å². The number of anilines is 1. The molecule has 0 aromatic carbocycles. The normalized spacial score (nSPS) is 18.2. The zero-order chi connectivity index (χ0) is 12.5. The Balaban J connectivity index is 1.95. The predicted octanol–water partition coefficient (Wildman–Crippen LogP) is 1.41. The first-order chi connectivity index (χ1) is 8.75. The summed E-state index contributed by atoms with van der Waals surface area (Å²) >= 11 is 0. The Morgan fingerprint density at radius 1 is 1.33 bits per heavy atom. The first kappa shape index (κ1) is 11.4. The maximum atomic E-state index is 11.0. The Morgan fingerprint density at radius 3 is 2.83 bits per heavy atom. The summed E-state index contributed by atoms with van der Waals surface area (Å²) in [5, 5.41) is 9.04. The third-order valence-electron chi connectivity index (χ3n) is 3.67. The molecular weight excluding hydrogens is 230 g/mol. The van der Waals surface area contributed by atoms with Crippen molar-refractivity contribution in [2.75, 3.05) is 11.4 Å². The number of aryl methyl sites for hydroxylation is 1. The molecule has 1 saturated carbocycles. The SMILES string of the molecule is O=C(O)CN(c1ncnc2c1CCCC2)C1CC1. The topological polar surface area (TPSA) is 66.3 Å². The van der Waals surface area contributed by atoms with E-state index in [1.54, 1.807) is 6.33 Å². The van der Waals surface area contributed by atoms with Crippen molar-refractivity contribution in [1.82, 2.24) is 9.97 Å². The molecule has 5 nitrogen and oxygen atoms in total. The van der Waals surface area contributed by atoms with Gasteiger partial charge in [0.25, 0.3) is 0 Å². The van der Waals surface area contributed by atoms with Crippen molar-refractivity contribution in [2.24, 2.45) is 0 Å². The first-order valence-corrected chi connectivity index (χ1v) is 6.57. The van der Waals surface area contributed by atoms with Crippen molar-refractivity contribution in [3.05, 3.63) is 17.6 Å². The zero-order valence-corrected chi connectivity index (χ0v) is 10.3. The van der Waals surface area contributed by atoms with Crippen LogP contribution in [0.1, 0.15) is 36.9 Å². The minimum absolute atomic E-state index is 0.0497. The van der Waals surface area contributed by atoms with Gasteiger partial charge >= 0.3 is 5.97 Å². The highest BCUT2D eigenvalue weighted by Gasteiger charge is 2.33. The van der Waals surface area contributed by atoms with Crippen molar-refractivity contribution in [3.63, 3.8) is 0 Å². The van der Waals surface area contributed by atoms with Crippen molar-refractivity contribution >= 4 is 11.8 Å². The van der Waals surface area contributed by atoms with Gasteiger partial charge in [-0.3, -0.25) is 4.79 Å². The predicted molar refractivity (Wildman–Crippen MR) is 66.7 cm³/mol. The number of aliphatic carboxylic acids is 1. The van der Waals surface area contributed by atoms with Gasteiger partial charge in [-0.2, -0.15) is 0 Å². The number of hydrogen-bond acceptors (Lipinski definition) is 4. The molecule has 2 aliphatic rings. The number of carboxylic acids is 1. The van der Waals surface area contributed by atoms with Crippen LogP contribution in [0.2, 0.25) is 0 Å². The molecule has 1 heterocycles. The average Bonchev–Trinajstić information content (AvgIpc) is 3.19. The molecule has 0 bridgehead atoms. The number of hydrogen-bond donors (Lipinski definition) is 1. The minimum Gasteiger partial charge on any atom is -0.480 e. The number of fused-ring (bicyclic) bond motifs is 1. The molecule has 2 aliphatic carbocycles. The minimum atomic E-state index is -0.787. The molecule has 1 N–H and O–H groups in total. The van der Waals surface area contributed by atoms with Gasteiger partial charge in [0.2, 0.25) is 0 Å². The summed E-state index contributed by atoms with van der Waals surface area (Å²) in [6, 6.07) is 0.363. The fourth-order valence-corrected chi connectivity index (χ4v) is 2.66. The van der Waals surface area contributed by atoms with Gasteiger partial charge in [0, 0.05) is 17.3 Å². The largest absolute Gasteiger partial charge is 0.480 e. The zero-order valence-electron chi connectivity index (χ0n) is 10.3. The molecule has 0 radical (unpaired) electrons. The fraction of sp³-hybridized carbons (Fsp3) is 0.615. The van der Waals surface area contributed by atoms with Crippen molar-refractivity contribution in [1.29, 1.82) is 0 Å². The standard InChI is InChI=1S/C13H17N3O2/c17-12(18)7-16(9-5-6-9)13-10-3-1-2-4-11(10)14-8-15-13/h8-9H,1-7H2,(H,17,18). The molecule has 1 fully saturated rings. The van der Waals surface area contributed by atoms with Crippen LogP contribution in [-0.2, 0) is 17.6 Å². The third-order valence-corrected chi connectivity index (χ3v) is 3.67. The number of aromatic nitrogens is 2. The van der Waals surface area contributed by atoms with E-state index >= 15 is 0 Å². The smallest absolute Gasteiger partial charge is 0.323 e. The first-order valence-electron chi connectivity index (χ1n) is 6.57. The van der Waals surface area contributed by atoms with Gasteiger partial charge in [0.15, 0.2) is 0 Å². The van der Waals surface area contributed by atoms with E-state index in [0.717, 1.165) is 43.6 Å². The van der Waals surface area contributed by atoms with E-state index in [1.807, 2.05) is 4.90 Å². The van der Waals surface area contributed by atoms with Crippen LogP contribution in [0.4, 0.5) is 5.82 Å². The maximum Gasteiger partial charge on any atom is 0.323 e. The lowest BCUT2D eigenvalue weighted by atomic mass is 9.96. The molecule has 5 heteroatoms. The average molecular weight is 247 g/mol. The van der Waals surface area contributed by atoms with Crippen LogP contribution in [0, 0.1) is 0 Å². The van der Waals surface area contributed by atoms with Gasteiger partial charge < -0.3 is 10.0 Å². The Morgan fingerprint density at radius 2 is 2.11 bits per heavy atom. The Hall–Kier alpha value is -1.65. The lowest BCUT2D eigenvalue weighted by Gasteiger charge is -2.26. The van der Waals surface area contributed by atoms with E-state index in [2.05, 4.69) is 9.97 Å². The molecule has 0 aliphatic heterocycles. The molecule has 1 aromatic rings. The third kappa shape index (κ3) is 2.17. The van der Waals surface area contributed by atoms with Gasteiger partial charge in [-0.25, -0.2) is 9.97 Å². The lowest BCUT2D eigenvalue weighted by molar-refractivity contribution is -0.135. The van der Waals surface area contributed by atoms with Crippen LogP contribution >= 0.6 is 0 Å². The molecule has 96 valence electrons. The van der Waals surface area contributed by atoms with Gasteiger partial charge in [0.05, 0.1) is 0 Å². The summed E-state index contributed by atoms with van der Waals surface area (Å²) in [6.07, 6.45) is 8.03. The summed E-state index contributed by atoms with van der Waals surface area (Å²) in [5.41, 5.74) is 2.29. The summed E-state index contributed by atoms with van der Waals surface area (Å²) in [4.78, 5) is 21.6. The number of nitrogens with zero attached hydrogens (tertiary/aromatic N) is 3. The molecule has 0 amide bonds. The lowest BCUT2D eigenvalue weighted by Crippen LogP contribution is -2.34. The molecule has 18 heavy (non-hydrogen) atoms. The molecular formula is C13H17N3O2. The van der Waals surface area contributed by atoms with E-state index in [-0.39, 0.29) is 6.54 Å². The quantitative estimate of drug-likeness (QED) is 0.871. The van der Waals surface area contributed by atoms with Crippen molar-refractivity contribution in [3.8, 4) is 0 Å². The number of carbonyl (C=O) groups is 1. The van der Waals surface area contributed by atoms with Gasteiger partial charge in [-0.1, -0.05) is 0 Å². The van der Waals surface area contributed by atoms with Crippen LogP contribution in [-0.4, -0.2) is 33.6 Å². The highest BCUT2D eigenvalue weighted by Crippen LogP contribution is 2.34. The van der Waals surface area contributed by atoms with E-state index in [4.69, 9.17) is 5.11 Å². The summed E-state index contributed by atoms with van der Waals surface area (Å²) in [5.74, 6) is 0.0784. The van der Waals surface area contributed by atoms with Gasteiger partial charge in [-0.15, -0.1) is 0 Å². The molecule has 0 spiro atoms. The van der Waals surface area contributed by atoms with E-state index in [0.29, 0.717) is 6.04 Å². The van der Waals surface area contributed by atoms with Crippen LogP contribution in [0.3, 0.4) is 0 Å². The van der Waals surface area contributed by atoms with Crippen LogP contribution in [0.15, 0.2) is 6.33 Å². The molecule has 0 unspecified atom stereocenters. The molecule has 0 atom stereocenters. The van der Waals surface area contributed by atoms with Gasteiger partial charge in [-0.05, 0) is 38.5 Å². The highest BCUT2D eigenvalue weighted by atomic mass is 16.4. The van der Waals surface area contributed by atoms with Crippen LogP contribution in [0.25, 0.3) is 0 Å². The molecule has 1 aromatic heterocycles. The number of carboxylic acid groups (broad SMARTS) is 1. The van der Waals surface area contributed by atoms with E-state index in [9.17, 15) is 4.79 Å². The van der Waals surface area contributed by atoms with Gasteiger partial charge in [0.1, 0.15) is 18.7 Å². The second-order valence-corrected chi connectivity index (χ2v) is 5.08. The summed E-state index contributed by atoms with van der Waals surface area (Å²) < 4.78 is 0. The monoisotopic (exact) mass is 247 g/mol. The maximum absolute atomic E-state index is 11.0. The summed E-state index contributed by atoms with van der Waals surface area (Å²) in [7, 11) is 0. The van der Waals surface area contributed by atoms with Crippen LogP contribution in [0.5, 0.6) is 0 Å². The van der Waals surface area contributed by atoms with E-state index in [1.165, 1.54) is 12.0 Å². The molecule has 0 saturated heterocycles. The highest BCUT2D eigenvalue weighted by molar-refractivity contribution is 5.74. The van der Waals surface area contributed by atoms with Crippen molar-refractivity contribution in [2.45, 2.75) is 44.6 Å².